The number of aliphatic carboxylic acids is 1. The lowest BCUT2D eigenvalue weighted by Gasteiger charge is -2.33. The minimum Gasteiger partial charge on any atom is -0.493 e. The summed E-state index contributed by atoms with van der Waals surface area (Å²) in [6.07, 6.45) is 0.805. The second-order valence-electron chi connectivity index (χ2n) is 7.88. The van der Waals surface area contributed by atoms with Crippen molar-refractivity contribution in [3.63, 3.8) is 0 Å². The van der Waals surface area contributed by atoms with Crippen molar-refractivity contribution in [3.05, 3.63) is 29.8 Å². The van der Waals surface area contributed by atoms with Crippen molar-refractivity contribution in [1.82, 2.24) is 5.32 Å². The Morgan fingerprint density at radius 2 is 1.86 bits per heavy atom. The number of carbonyl (C=O) groups is 2. The third-order valence-corrected chi connectivity index (χ3v) is 4.60. The molecule has 160 valence electrons. The number of hydrogen-bond donors (Lipinski definition) is 3. The number of para-hydroxylation sites is 1. The Morgan fingerprint density at radius 3 is 2.41 bits per heavy atom. The predicted molar refractivity (Wildman–Crippen MR) is 107 cm³/mol. The molecule has 0 unspecified atom stereocenters. The number of benzene rings is 1. The van der Waals surface area contributed by atoms with Gasteiger partial charge in [-0.05, 0) is 45.3 Å². The molecule has 0 heterocycles. The highest BCUT2D eigenvalue weighted by Crippen LogP contribution is 2.42. The van der Waals surface area contributed by atoms with Crippen molar-refractivity contribution in [2.45, 2.75) is 51.4 Å². The van der Waals surface area contributed by atoms with Crippen LogP contribution in [-0.4, -0.2) is 54.2 Å². The molecule has 1 aliphatic rings. The van der Waals surface area contributed by atoms with Crippen LogP contribution in [0.2, 0.25) is 0 Å². The van der Waals surface area contributed by atoms with Gasteiger partial charge in [-0.2, -0.15) is 0 Å². The number of carbonyl (C=O) groups excluding carboxylic acids is 1. The summed E-state index contributed by atoms with van der Waals surface area (Å²) in [5.41, 5.74) is 0.417. The molecule has 0 saturated carbocycles. The molecule has 0 radical (unpaired) electrons. The van der Waals surface area contributed by atoms with Crippen molar-refractivity contribution in [1.29, 1.82) is 0 Å². The molecule has 0 fully saturated rings. The van der Waals surface area contributed by atoms with Crippen molar-refractivity contribution in [2.75, 3.05) is 14.2 Å². The maximum absolute atomic E-state index is 12.2. The van der Waals surface area contributed by atoms with E-state index in [0.717, 1.165) is 0 Å². The van der Waals surface area contributed by atoms with Gasteiger partial charge in [0.1, 0.15) is 11.6 Å². The van der Waals surface area contributed by atoms with E-state index in [2.05, 4.69) is 5.32 Å². The maximum Gasteiger partial charge on any atom is 0.408 e. The molecular formula is C21H29NO7. The molecule has 1 aliphatic carbocycles. The molecule has 8 nitrogen and oxygen atoms in total. The Kier molecular flexibility index (Phi) is 7.13. The van der Waals surface area contributed by atoms with E-state index in [-0.39, 0.29) is 0 Å². The minimum absolute atomic E-state index is 0.361. The molecule has 2 rings (SSSR count). The van der Waals surface area contributed by atoms with Gasteiger partial charge in [0.25, 0.3) is 0 Å². The third kappa shape index (κ3) is 5.63. The molecule has 8 heteroatoms. The summed E-state index contributed by atoms with van der Waals surface area (Å²) in [5, 5.41) is 22.5. The van der Waals surface area contributed by atoms with E-state index in [1.54, 1.807) is 45.0 Å². The molecule has 0 saturated heterocycles. The smallest absolute Gasteiger partial charge is 0.408 e. The number of aliphatic hydroxyl groups excluding tert-OH is 1. The third-order valence-electron chi connectivity index (χ3n) is 4.60. The van der Waals surface area contributed by atoms with Crippen molar-refractivity contribution >= 4 is 17.6 Å². The summed E-state index contributed by atoms with van der Waals surface area (Å²) in [7, 11) is 3.00. The van der Waals surface area contributed by atoms with Crippen LogP contribution in [0.3, 0.4) is 0 Å². The van der Waals surface area contributed by atoms with E-state index in [0.29, 0.717) is 35.5 Å². The Balaban J connectivity index is 2.45. The summed E-state index contributed by atoms with van der Waals surface area (Å²) >= 11 is 0. The highest BCUT2D eigenvalue weighted by atomic mass is 16.6. The summed E-state index contributed by atoms with van der Waals surface area (Å²) in [5.74, 6) is -0.868. The summed E-state index contributed by atoms with van der Waals surface area (Å²) < 4.78 is 16.0. The van der Waals surface area contributed by atoms with Crippen molar-refractivity contribution < 1.29 is 34.0 Å². The number of carboxylic acids is 1. The van der Waals surface area contributed by atoms with Gasteiger partial charge in [-0.25, -0.2) is 9.59 Å². The van der Waals surface area contributed by atoms with Crippen LogP contribution in [0.1, 0.15) is 39.2 Å². The quantitative estimate of drug-likeness (QED) is 0.664. The first-order chi connectivity index (χ1) is 13.6. The van der Waals surface area contributed by atoms with E-state index in [4.69, 9.17) is 14.2 Å². The largest absolute Gasteiger partial charge is 0.493 e. The summed E-state index contributed by atoms with van der Waals surface area (Å²) in [4.78, 5) is 24.3. The fourth-order valence-electron chi connectivity index (χ4n) is 3.44. The topological polar surface area (TPSA) is 114 Å². The molecule has 0 bridgehead atoms. The number of amides is 1. The lowest BCUT2D eigenvalue weighted by Crippen LogP contribution is -2.48. The zero-order chi connectivity index (χ0) is 21.8. The van der Waals surface area contributed by atoms with Gasteiger partial charge in [0.2, 0.25) is 0 Å². The van der Waals surface area contributed by atoms with Gasteiger partial charge in [-0.15, -0.1) is 0 Å². The number of hydrogen-bond acceptors (Lipinski definition) is 6. The van der Waals surface area contributed by atoms with Crippen LogP contribution < -0.4 is 14.8 Å². The molecule has 0 spiro atoms. The molecule has 1 aromatic carbocycles. The first kappa shape index (κ1) is 22.5. The Labute approximate surface area is 170 Å². The summed E-state index contributed by atoms with van der Waals surface area (Å²) in [6, 6.07) is 4.02. The van der Waals surface area contributed by atoms with Gasteiger partial charge in [0.15, 0.2) is 11.5 Å². The number of carboxylic acid groups (broad SMARTS) is 1. The minimum atomic E-state index is -1.24. The Hall–Kier alpha value is -2.74. The molecule has 1 aromatic rings. The zero-order valence-electron chi connectivity index (χ0n) is 17.4. The van der Waals surface area contributed by atoms with Crippen LogP contribution in [0.15, 0.2) is 24.3 Å². The van der Waals surface area contributed by atoms with Crippen LogP contribution in [0.25, 0.3) is 5.57 Å². The van der Waals surface area contributed by atoms with Gasteiger partial charge in [0, 0.05) is 11.5 Å². The first-order valence-corrected chi connectivity index (χ1v) is 9.40. The number of methoxy groups -OCH3 is 2. The van der Waals surface area contributed by atoms with E-state index in [9.17, 15) is 19.8 Å². The van der Waals surface area contributed by atoms with E-state index in [1.807, 2.05) is 0 Å². The van der Waals surface area contributed by atoms with Crippen LogP contribution in [-0.2, 0) is 9.53 Å². The number of ether oxygens (including phenoxy) is 3. The normalized spacial score (nSPS) is 20.3. The number of rotatable bonds is 6. The van der Waals surface area contributed by atoms with Gasteiger partial charge >= 0.3 is 12.1 Å². The second kappa shape index (κ2) is 9.17. The lowest BCUT2D eigenvalue weighted by atomic mass is 9.78. The Bertz CT molecular complexity index is 782. The number of nitrogens with one attached hydrogen (secondary N) is 1. The second-order valence-corrected chi connectivity index (χ2v) is 7.88. The Morgan fingerprint density at radius 1 is 1.17 bits per heavy atom. The van der Waals surface area contributed by atoms with Crippen molar-refractivity contribution in [3.8, 4) is 11.5 Å². The van der Waals surface area contributed by atoms with Crippen LogP contribution in [0, 0.1) is 5.92 Å². The van der Waals surface area contributed by atoms with Crippen LogP contribution in [0.4, 0.5) is 4.79 Å². The fourth-order valence-corrected chi connectivity index (χ4v) is 3.44. The average Bonchev–Trinajstić information content (AvgIpc) is 2.64. The molecule has 0 aromatic heterocycles. The van der Waals surface area contributed by atoms with Crippen molar-refractivity contribution in [2.24, 2.45) is 5.92 Å². The fraction of sp³-hybridized carbons (Fsp3) is 0.524. The average molecular weight is 407 g/mol. The lowest BCUT2D eigenvalue weighted by molar-refractivity contribution is -0.140. The first-order valence-electron chi connectivity index (χ1n) is 9.40. The van der Waals surface area contributed by atoms with E-state index in [1.165, 1.54) is 14.2 Å². The summed E-state index contributed by atoms with van der Waals surface area (Å²) in [6.45, 7) is 5.10. The molecule has 3 atom stereocenters. The van der Waals surface area contributed by atoms with Crippen LogP contribution in [0.5, 0.6) is 11.5 Å². The molecular weight excluding hydrogens is 378 g/mol. The predicted octanol–water partition coefficient (Wildman–Crippen LogP) is 2.84. The molecule has 29 heavy (non-hydrogen) atoms. The SMILES string of the molecule is COc1cccc(C2=C[C@@H](O)CC[C@H]2[C@H](NC(=O)OC(C)(C)C)C(=O)O)c1OC. The van der Waals surface area contributed by atoms with Gasteiger partial charge in [-0.1, -0.05) is 18.2 Å². The van der Waals surface area contributed by atoms with E-state index >= 15 is 0 Å². The molecule has 1 amide bonds. The van der Waals surface area contributed by atoms with Gasteiger partial charge in [0.05, 0.1) is 20.3 Å². The molecule has 3 N–H and O–H groups in total. The number of alkyl carbamates (subject to hydrolysis) is 1. The zero-order valence-corrected chi connectivity index (χ0v) is 17.4. The van der Waals surface area contributed by atoms with Gasteiger partial charge in [-0.3, -0.25) is 0 Å². The monoisotopic (exact) mass is 407 g/mol. The standard InChI is InChI=1S/C21H29NO7/c1-21(2,3)29-20(26)22-17(19(24)25)13-10-9-12(23)11-15(13)14-7-6-8-16(27-4)18(14)28-5/h6-8,11-13,17,23H,9-10H2,1-5H3,(H,22,26)(H,24,25)/t12-,13+,17-/m0/s1. The number of aliphatic hydroxyl groups is 1. The highest BCUT2D eigenvalue weighted by Gasteiger charge is 2.37. The van der Waals surface area contributed by atoms with E-state index < -0.39 is 35.7 Å². The maximum atomic E-state index is 12.2. The van der Waals surface area contributed by atoms with Gasteiger partial charge < -0.3 is 29.7 Å². The highest BCUT2D eigenvalue weighted by molar-refractivity contribution is 5.85. The molecule has 0 aliphatic heterocycles. The van der Waals surface area contributed by atoms with Crippen LogP contribution >= 0.6 is 0 Å².